The molecule has 0 radical (unpaired) electrons. The van der Waals surface area contributed by atoms with Crippen molar-refractivity contribution in [2.24, 2.45) is 0 Å². The lowest BCUT2D eigenvalue weighted by Gasteiger charge is -2.16. The van der Waals surface area contributed by atoms with Crippen molar-refractivity contribution in [3.8, 4) is 10.8 Å². The Morgan fingerprint density at radius 1 is 1.37 bits per heavy atom. The van der Waals surface area contributed by atoms with E-state index in [0.717, 1.165) is 47.3 Å². The average molecular weight is 280 g/mol. The largest absolute Gasteiger partial charge is 0.391 e. The van der Waals surface area contributed by atoms with E-state index in [2.05, 4.69) is 28.9 Å². The number of anilines is 1. The van der Waals surface area contributed by atoms with E-state index in [4.69, 9.17) is 10.3 Å². The Morgan fingerprint density at radius 3 is 2.68 bits per heavy atom. The molecule has 5 nitrogen and oxygen atoms in total. The first kappa shape index (κ1) is 14.0. The minimum atomic E-state index is 0.578. The number of nitrogens with two attached hydrogens (primary N) is 1. The fourth-order valence-corrected chi connectivity index (χ4v) is 2.83. The van der Waals surface area contributed by atoms with Gasteiger partial charge in [0.25, 0.3) is 5.89 Å². The van der Waals surface area contributed by atoms with Crippen LogP contribution in [0.1, 0.15) is 25.2 Å². The van der Waals surface area contributed by atoms with E-state index in [9.17, 15) is 0 Å². The van der Waals surface area contributed by atoms with Gasteiger partial charge in [0.1, 0.15) is 0 Å². The van der Waals surface area contributed by atoms with Crippen molar-refractivity contribution in [2.75, 3.05) is 25.4 Å². The van der Waals surface area contributed by atoms with Crippen LogP contribution in [0.25, 0.3) is 10.8 Å². The lowest BCUT2D eigenvalue weighted by atomic mass is 10.3. The molecule has 2 aromatic heterocycles. The van der Waals surface area contributed by atoms with Gasteiger partial charge in [-0.1, -0.05) is 19.0 Å². The van der Waals surface area contributed by atoms with Crippen LogP contribution in [-0.2, 0) is 6.42 Å². The van der Waals surface area contributed by atoms with Crippen LogP contribution in [0.5, 0.6) is 0 Å². The second kappa shape index (κ2) is 6.16. The van der Waals surface area contributed by atoms with Crippen molar-refractivity contribution in [3.63, 3.8) is 0 Å². The Bertz CT molecular complexity index is 530. The highest BCUT2D eigenvalue weighted by molar-refractivity contribution is 7.19. The number of aromatic nitrogens is 2. The molecule has 0 saturated carbocycles. The second-order valence-electron chi connectivity index (χ2n) is 4.45. The number of nitrogen functional groups attached to an aromatic ring is 1. The van der Waals surface area contributed by atoms with Crippen LogP contribution in [0, 0.1) is 6.92 Å². The van der Waals surface area contributed by atoms with E-state index in [1.54, 1.807) is 0 Å². The molecule has 19 heavy (non-hydrogen) atoms. The summed E-state index contributed by atoms with van der Waals surface area (Å²) in [5.41, 5.74) is 6.86. The van der Waals surface area contributed by atoms with Crippen molar-refractivity contribution in [2.45, 2.75) is 27.2 Å². The molecule has 6 heteroatoms. The highest BCUT2D eigenvalue weighted by atomic mass is 32.1. The van der Waals surface area contributed by atoms with Crippen molar-refractivity contribution in [1.82, 2.24) is 15.0 Å². The number of rotatable bonds is 6. The van der Waals surface area contributed by atoms with Crippen LogP contribution in [0.2, 0.25) is 0 Å². The zero-order valence-corrected chi connectivity index (χ0v) is 12.5. The molecule has 0 fully saturated rings. The molecule has 0 aromatic carbocycles. The third-order valence-electron chi connectivity index (χ3n) is 3.15. The van der Waals surface area contributed by atoms with Crippen LogP contribution in [0.4, 0.5) is 5.00 Å². The number of nitrogens with zero attached hydrogens (tertiary/aromatic N) is 3. The Balaban J connectivity index is 2.05. The van der Waals surface area contributed by atoms with Gasteiger partial charge in [-0.25, -0.2) is 0 Å². The van der Waals surface area contributed by atoms with Gasteiger partial charge in [0.05, 0.1) is 9.88 Å². The highest BCUT2D eigenvalue weighted by Gasteiger charge is 2.14. The Hall–Kier alpha value is -1.40. The van der Waals surface area contributed by atoms with Crippen LogP contribution in [0.3, 0.4) is 0 Å². The lowest BCUT2D eigenvalue weighted by molar-refractivity contribution is 0.303. The van der Waals surface area contributed by atoms with Crippen molar-refractivity contribution in [3.05, 3.63) is 17.5 Å². The van der Waals surface area contributed by atoms with Crippen LogP contribution in [0.15, 0.2) is 10.6 Å². The first-order valence-electron chi connectivity index (χ1n) is 6.55. The molecule has 2 aromatic rings. The highest BCUT2D eigenvalue weighted by Crippen LogP contribution is 2.32. The summed E-state index contributed by atoms with van der Waals surface area (Å²) in [5, 5.41) is 4.81. The molecule has 0 aliphatic rings. The monoisotopic (exact) mass is 280 g/mol. The Kier molecular flexibility index (Phi) is 4.55. The van der Waals surface area contributed by atoms with E-state index in [1.807, 2.05) is 13.0 Å². The van der Waals surface area contributed by atoms with Gasteiger partial charge in [-0.05, 0) is 31.6 Å². The van der Waals surface area contributed by atoms with E-state index >= 15 is 0 Å². The number of hydrogen-bond donors (Lipinski definition) is 1. The predicted octanol–water partition coefficient (Wildman–Crippen LogP) is 2.57. The summed E-state index contributed by atoms with van der Waals surface area (Å²) in [6, 6.07) is 1.93. The summed E-state index contributed by atoms with van der Waals surface area (Å²) in [4.78, 5) is 7.75. The number of hydrogen-bond acceptors (Lipinski definition) is 6. The average Bonchev–Trinajstić information content (AvgIpc) is 2.97. The van der Waals surface area contributed by atoms with E-state index in [1.165, 1.54) is 11.3 Å². The van der Waals surface area contributed by atoms with Crippen LogP contribution >= 0.6 is 11.3 Å². The van der Waals surface area contributed by atoms with Gasteiger partial charge in [0, 0.05) is 13.0 Å². The molecule has 0 aliphatic carbocycles. The summed E-state index contributed by atoms with van der Waals surface area (Å²) in [6.45, 7) is 9.36. The topological polar surface area (TPSA) is 68.2 Å². The number of thiophene rings is 1. The molecule has 0 saturated heterocycles. The smallest absolute Gasteiger partial charge is 0.268 e. The van der Waals surface area contributed by atoms with Gasteiger partial charge in [0.15, 0.2) is 5.82 Å². The number of likely N-dealkylation sites (N-methyl/N-ethyl adjacent to an activating group) is 1. The second-order valence-corrected chi connectivity index (χ2v) is 5.54. The minimum absolute atomic E-state index is 0.578. The minimum Gasteiger partial charge on any atom is -0.391 e. The molecule has 0 unspecified atom stereocenters. The van der Waals surface area contributed by atoms with E-state index in [-0.39, 0.29) is 0 Å². The van der Waals surface area contributed by atoms with Crippen LogP contribution in [-0.4, -0.2) is 34.7 Å². The predicted molar refractivity (Wildman–Crippen MR) is 78.3 cm³/mol. The maximum Gasteiger partial charge on any atom is 0.268 e. The van der Waals surface area contributed by atoms with Crippen molar-refractivity contribution in [1.29, 1.82) is 0 Å². The van der Waals surface area contributed by atoms with Crippen molar-refractivity contribution >= 4 is 16.3 Å². The summed E-state index contributed by atoms with van der Waals surface area (Å²) in [7, 11) is 0. The van der Waals surface area contributed by atoms with Crippen molar-refractivity contribution < 1.29 is 4.52 Å². The molecule has 0 amide bonds. The molecule has 2 rings (SSSR count). The van der Waals surface area contributed by atoms with Gasteiger partial charge in [-0.2, -0.15) is 4.98 Å². The Labute approximate surface area is 117 Å². The molecule has 2 N–H and O–H groups in total. The zero-order chi connectivity index (χ0) is 13.8. The van der Waals surface area contributed by atoms with Gasteiger partial charge in [-0.15, -0.1) is 11.3 Å². The standard InChI is InChI=1S/C13H20N4OS/c1-4-17(5-2)7-6-11-15-13(18-16-11)12-9(3)8-10(14)19-12/h8H,4-7,14H2,1-3H3. The molecule has 104 valence electrons. The van der Waals surface area contributed by atoms with E-state index < -0.39 is 0 Å². The quantitative estimate of drug-likeness (QED) is 0.880. The molecule has 0 aliphatic heterocycles. The maximum atomic E-state index is 5.78. The molecule has 0 spiro atoms. The normalized spacial score (nSPS) is 11.4. The summed E-state index contributed by atoms with van der Waals surface area (Å²) in [5.74, 6) is 1.34. The summed E-state index contributed by atoms with van der Waals surface area (Å²) < 4.78 is 5.32. The third kappa shape index (κ3) is 3.33. The first-order chi connectivity index (χ1) is 9.13. The third-order valence-corrected chi connectivity index (χ3v) is 4.20. The fraction of sp³-hybridized carbons (Fsp3) is 0.538. The van der Waals surface area contributed by atoms with Gasteiger partial charge < -0.3 is 15.2 Å². The Morgan fingerprint density at radius 2 is 2.11 bits per heavy atom. The lowest BCUT2D eigenvalue weighted by Crippen LogP contribution is -2.25. The number of aryl methyl sites for hydroxylation is 1. The fourth-order valence-electron chi connectivity index (χ4n) is 1.96. The van der Waals surface area contributed by atoms with Gasteiger partial charge >= 0.3 is 0 Å². The first-order valence-corrected chi connectivity index (χ1v) is 7.36. The maximum absolute atomic E-state index is 5.78. The molecular formula is C13H20N4OS. The van der Waals surface area contributed by atoms with E-state index in [0.29, 0.717) is 5.89 Å². The molecular weight excluding hydrogens is 260 g/mol. The van der Waals surface area contributed by atoms with Gasteiger partial charge in [0.2, 0.25) is 0 Å². The summed E-state index contributed by atoms with van der Waals surface area (Å²) in [6.07, 6.45) is 0.811. The van der Waals surface area contributed by atoms with Gasteiger partial charge in [-0.3, -0.25) is 0 Å². The summed E-state index contributed by atoms with van der Waals surface area (Å²) >= 11 is 1.49. The molecule has 0 bridgehead atoms. The molecule has 0 atom stereocenters. The zero-order valence-electron chi connectivity index (χ0n) is 11.6. The molecule has 2 heterocycles. The van der Waals surface area contributed by atoms with Crippen LogP contribution < -0.4 is 5.73 Å². The SMILES string of the molecule is CCN(CC)CCc1noc(-c2sc(N)cc2C)n1.